The van der Waals surface area contributed by atoms with Gasteiger partial charge in [0.05, 0.1) is 19.9 Å². The number of benzene rings is 1. The Balaban J connectivity index is 1.65. The molecule has 2 N–H and O–H groups in total. The van der Waals surface area contributed by atoms with Crippen molar-refractivity contribution in [3.63, 3.8) is 0 Å². The average Bonchev–Trinajstić information content (AvgIpc) is 3.18. The highest BCUT2D eigenvalue weighted by Crippen LogP contribution is 2.25. The number of methoxy groups -OCH3 is 2. The van der Waals surface area contributed by atoms with Gasteiger partial charge in [0.25, 0.3) is 0 Å². The smallest absolute Gasteiger partial charge is 0.122 e. The molecule has 3 rings (SSSR count). The number of aliphatic hydroxyl groups excluding tert-OH is 1. The van der Waals surface area contributed by atoms with E-state index in [-0.39, 0.29) is 6.61 Å². The lowest BCUT2D eigenvalue weighted by atomic mass is 10.1. The number of aliphatic hydroxyl groups is 1. The molecule has 0 bridgehead atoms. The number of aromatic nitrogens is 2. The topological polar surface area (TPSA) is 73.9 Å². The second-order valence-corrected chi connectivity index (χ2v) is 8.07. The van der Waals surface area contributed by atoms with E-state index in [2.05, 4.69) is 52.0 Å². The molecule has 1 aliphatic rings. The van der Waals surface area contributed by atoms with E-state index in [9.17, 15) is 5.11 Å². The fraction of sp³-hybridized carbons (Fsp3) is 0.591. The van der Waals surface area contributed by atoms with E-state index in [1.54, 1.807) is 14.2 Å². The molecule has 7 nitrogen and oxygen atoms in total. The largest absolute Gasteiger partial charge is 0.497 e. The Labute approximate surface area is 173 Å². The first kappa shape index (κ1) is 21.6. The Morgan fingerprint density at radius 1 is 1.10 bits per heavy atom. The molecule has 2 aromatic rings. The first-order valence-corrected chi connectivity index (χ1v) is 10.4. The molecule has 1 atom stereocenters. The third-order valence-corrected chi connectivity index (χ3v) is 5.58. The number of hydrogen-bond donors (Lipinski definition) is 2. The van der Waals surface area contributed by atoms with Crippen molar-refractivity contribution in [3.8, 4) is 11.5 Å². The summed E-state index contributed by atoms with van der Waals surface area (Å²) >= 11 is 0. The van der Waals surface area contributed by atoms with E-state index in [1.807, 2.05) is 6.07 Å². The maximum Gasteiger partial charge on any atom is 0.122 e. The van der Waals surface area contributed by atoms with Crippen LogP contribution in [0.5, 0.6) is 11.5 Å². The molecule has 0 amide bonds. The second-order valence-electron chi connectivity index (χ2n) is 8.07. The highest BCUT2D eigenvalue weighted by molar-refractivity contribution is 5.38. The maximum atomic E-state index is 9.61. The van der Waals surface area contributed by atoms with Crippen LogP contribution in [0, 0.1) is 0 Å². The average molecular weight is 403 g/mol. The summed E-state index contributed by atoms with van der Waals surface area (Å²) in [6.07, 6.45) is 0.762. The predicted molar refractivity (Wildman–Crippen MR) is 113 cm³/mol. The van der Waals surface area contributed by atoms with Crippen LogP contribution in [0.25, 0.3) is 0 Å². The predicted octanol–water partition coefficient (Wildman–Crippen LogP) is 2.62. The number of aromatic amines is 1. The van der Waals surface area contributed by atoms with Crippen molar-refractivity contribution in [3.05, 3.63) is 41.2 Å². The quantitative estimate of drug-likeness (QED) is 0.672. The number of ether oxygens (including phenoxy) is 2. The third-order valence-electron chi connectivity index (χ3n) is 5.58. The summed E-state index contributed by atoms with van der Waals surface area (Å²) in [4.78, 5) is 4.90. The zero-order valence-corrected chi connectivity index (χ0v) is 18.0. The molecular formula is C22H34N4O3. The summed E-state index contributed by atoms with van der Waals surface area (Å²) in [5.74, 6) is 2.03. The van der Waals surface area contributed by atoms with E-state index in [1.165, 1.54) is 0 Å². The lowest BCUT2D eigenvalue weighted by molar-refractivity contribution is 0.0493. The molecule has 0 radical (unpaired) electrons. The molecular weight excluding hydrogens is 368 g/mol. The molecule has 29 heavy (non-hydrogen) atoms. The molecule has 1 fully saturated rings. The summed E-state index contributed by atoms with van der Waals surface area (Å²) in [7, 11) is 3.35. The van der Waals surface area contributed by atoms with Gasteiger partial charge in [-0.15, -0.1) is 0 Å². The Hall–Kier alpha value is -2.09. The molecule has 160 valence electrons. The van der Waals surface area contributed by atoms with Crippen molar-refractivity contribution in [1.82, 2.24) is 20.0 Å². The number of H-pyrrole nitrogens is 1. The van der Waals surface area contributed by atoms with Crippen LogP contribution in [0.3, 0.4) is 0 Å². The van der Waals surface area contributed by atoms with Crippen molar-refractivity contribution >= 4 is 0 Å². The van der Waals surface area contributed by atoms with Gasteiger partial charge in [-0.2, -0.15) is 5.10 Å². The molecule has 7 heteroatoms. The van der Waals surface area contributed by atoms with Gasteiger partial charge in [0.1, 0.15) is 11.5 Å². The lowest BCUT2D eigenvalue weighted by Crippen LogP contribution is -2.52. The summed E-state index contributed by atoms with van der Waals surface area (Å²) in [5.41, 5.74) is 3.42. The second kappa shape index (κ2) is 10.1. The number of piperazine rings is 1. The molecule has 0 spiro atoms. The summed E-state index contributed by atoms with van der Waals surface area (Å²) in [6, 6.07) is 8.48. The van der Waals surface area contributed by atoms with Gasteiger partial charge < -0.3 is 14.6 Å². The van der Waals surface area contributed by atoms with E-state index in [4.69, 9.17) is 9.47 Å². The van der Waals surface area contributed by atoms with Gasteiger partial charge in [0.2, 0.25) is 0 Å². The zero-order valence-electron chi connectivity index (χ0n) is 18.0. The number of nitrogens with zero attached hydrogens (tertiary/aromatic N) is 3. The lowest BCUT2D eigenvalue weighted by Gasteiger charge is -2.41. The highest BCUT2D eigenvalue weighted by Gasteiger charge is 2.27. The minimum Gasteiger partial charge on any atom is -0.497 e. The van der Waals surface area contributed by atoms with Crippen LogP contribution in [0.1, 0.15) is 43.1 Å². The van der Waals surface area contributed by atoms with Crippen molar-refractivity contribution in [2.45, 2.75) is 45.3 Å². The minimum absolute atomic E-state index is 0.192. The molecule has 2 heterocycles. The monoisotopic (exact) mass is 402 g/mol. The number of hydrogen-bond acceptors (Lipinski definition) is 6. The van der Waals surface area contributed by atoms with Gasteiger partial charge in [0.15, 0.2) is 0 Å². The number of nitrogens with one attached hydrogen (secondary N) is 1. The molecule has 1 saturated heterocycles. The fourth-order valence-corrected chi connectivity index (χ4v) is 3.92. The molecule has 0 saturated carbocycles. The number of rotatable bonds is 9. The summed E-state index contributed by atoms with van der Waals surface area (Å²) < 4.78 is 10.8. The highest BCUT2D eigenvalue weighted by atomic mass is 16.5. The Morgan fingerprint density at radius 3 is 2.41 bits per heavy atom. The van der Waals surface area contributed by atoms with Crippen molar-refractivity contribution in [2.75, 3.05) is 40.5 Å². The molecule has 1 aliphatic heterocycles. The third kappa shape index (κ3) is 5.72. The van der Waals surface area contributed by atoms with Crippen LogP contribution in [0.4, 0.5) is 0 Å². The SMILES string of the molecule is COc1cc(CN2CCN(Cc3cc(C(C)C)n[nH]3)C[C@H]2CCO)cc(OC)c1. The standard InChI is InChI=1S/C22H34N4O3/c1-16(2)22-11-18(23-24-22)14-25-6-7-26(19(15-25)5-8-27)13-17-9-20(28-3)12-21(10-17)29-4/h9-12,16,19,27H,5-8,13-15H2,1-4H3,(H,23,24)/t19-/m1/s1. The zero-order chi connectivity index (χ0) is 20.8. The Kier molecular flexibility index (Phi) is 7.52. The van der Waals surface area contributed by atoms with Crippen molar-refractivity contribution in [2.24, 2.45) is 0 Å². The van der Waals surface area contributed by atoms with Gasteiger partial charge in [-0.3, -0.25) is 14.9 Å². The summed E-state index contributed by atoms with van der Waals surface area (Å²) in [5, 5.41) is 17.2. The van der Waals surface area contributed by atoms with Crippen LogP contribution < -0.4 is 9.47 Å². The first-order chi connectivity index (χ1) is 14.0. The van der Waals surface area contributed by atoms with Crippen molar-refractivity contribution in [1.29, 1.82) is 0 Å². The Morgan fingerprint density at radius 2 is 1.83 bits per heavy atom. The van der Waals surface area contributed by atoms with Crippen LogP contribution in [0.2, 0.25) is 0 Å². The van der Waals surface area contributed by atoms with Crippen LogP contribution in [-0.4, -0.2) is 71.6 Å². The molecule has 1 aromatic carbocycles. The van der Waals surface area contributed by atoms with Gasteiger partial charge in [-0.1, -0.05) is 13.8 Å². The van der Waals surface area contributed by atoms with Crippen molar-refractivity contribution < 1.29 is 14.6 Å². The van der Waals surface area contributed by atoms with Gasteiger partial charge >= 0.3 is 0 Å². The first-order valence-electron chi connectivity index (χ1n) is 10.4. The fourth-order valence-electron chi connectivity index (χ4n) is 3.92. The van der Waals surface area contributed by atoms with Gasteiger partial charge in [0, 0.05) is 57.1 Å². The van der Waals surface area contributed by atoms with E-state index >= 15 is 0 Å². The Bertz CT molecular complexity index is 755. The normalized spacial score (nSPS) is 18.3. The maximum absolute atomic E-state index is 9.61. The van der Waals surface area contributed by atoms with E-state index in [0.717, 1.165) is 67.6 Å². The van der Waals surface area contributed by atoms with Crippen LogP contribution in [0.15, 0.2) is 24.3 Å². The van der Waals surface area contributed by atoms with Gasteiger partial charge in [-0.05, 0) is 36.1 Å². The molecule has 0 aliphatic carbocycles. The van der Waals surface area contributed by atoms with Crippen LogP contribution >= 0.6 is 0 Å². The molecule has 1 aromatic heterocycles. The minimum atomic E-state index is 0.192. The van der Waals surface area contributed by atoms with Gasteiger partial charge in [-0.25, -0.2) is 0 Å². The van der Waals surface area contributed by atoms with Crippen LogP contribution in [-0.2, 0) is 13.1 Å². The van der Waals surface area contributed by atoms with E-state index < -0.39 is 0 Å². The van der Waals surface area contributed by atoms with E-state index in [0.29, 0.717) is 12.0 Å². The summed E-state index contributed by atoms with van der Waals surface area (Å²) in [6.45, 7) is 9.05. The molecule has 0 unspecified atom stereocenters.